The maximum atomic E-state index is 10.8. The molecule has 0 amide bonds. The van der Waals surface area contributed by atoms with Crippen LogP contribution in [0.25, 0.3) is 10.9 Å². The molecule has 0 saturated carbocycles. The monoisotopic (exact) mass is 253 g/mol. The van der Waals surface area contributed by atoms with Crippen molar-refractivity contribution in [1.29, 1.82) is 0 Å². The summed E-state index contributed by atoms with van der Waals surface area (Å²) >= 11 is 0. The minimum absolute atomic E-state index is 0.0498. The Morgan fingerprint density at radius 2 is 2.11 bits per heavy atom. The van der Waals surface area contributed by atoms with Gasteiger partial charge in [0.1, 0.15) is 0 Å². The van der Waals surface area contributed by atoms with Gasteiger partial charge in [0.25, 0.3) is 0 Å². The fraction of sp³-hybridized carbons (Fsp3) is 0.0714. The topological polar surface area (TPSA) is 68.0 Å². The fourth-order valence-corrected chi connectivity index (χ4v) is 1.95. The van der Waals surface area contributed by atoms with Crippen LogP contribution >= 0.6 is 0 Å². The highest BCUT2D eigenvalue weighted by molar-refractivity contribution is 5.85. The summed E-state index contributed by atoms with van der Waals surface area (Å²) in [6, 6.07) is 11.4. The fourth-order valence-electron chi connectivity index (χ4n) is 1.95. The molecule has 0 unspecified atom stereocenters. The highest BCUT2D eigenvalue weighted by Crippen LogP contribution is 2.13. The number of hydrogen-bond donors (Lipinski definition) is 1. The molecule has 0 bridgehead atoms. The Labute approximate surface area is 109 Å². The van der Waals surface area contributed by atoms with Gasteiger partial charge in [-0.1, -0.05) is 18.2 Å². The standard InChI is InChI=1S/C14H11N3O2/c18-14(19)13-5-6-17(16-13)9-10-7-11-3-1-2-4-12(11)15-8-10/h1-8H,9H2,(H,18,19). The molecule has 2 aromatic heterocycles. The summed E-state index contributed by atoms with van der Waals surface area (Å²) in [6.07, 6.45) is 3.43. The number of para-hydroxylation sites is 1. The molecule has 3 aromatic rings. The number of pyridine rings is 1. The highest BCUT2D eigenvalue weighted by atomic mass is 16.4. The van der Waals surface area contributed by atoms with Crippen LogP contribution in [0.1, 0.15) is 16.1 Å². The molecule has 5 heteroatoms. The smallest absolute Gasteiger partial charge is 0.356 e. The summed E-state index contributed by atoms with van der Waals surface area (Å²) in [6.45, 7) is 0.505. The molecule has 94 valence electrons. The molecule has 0 atom stereocenters. The molecule has 0 aliphatic carbocycles. The molecule has 19 heavy (non-hydrogen) atoms. The predicted octanol–water partition coefficient (Wildman–Crippen LogP) is 2.18. The third kappa shape index (κ3) is 2.30. The van der Waals surface area contributed by atoms with Crippen molar-refractivity contribution in [2.24, 2.45) is 0 Å². The first-order valence-electron chi connectivity index (χ1n) is 5.83. The molecule has 2 heterocycles. The van der Waals surface area contributed by atoms with E-state index in [1.54, 1.807) is 17.1 Å². The number of carboxylic acid groups (broad SMARTS) is 1. The zero-order valence-corrected chi connectivity index (χ0v) is 10.0. The Kier molecular flexibility index (Phi) is 2.72. The van der Waals surface area contributed by atoms with E-state index in [4.69, 9.17) is 5.11 Å². The zero-order valence-electron chi connectivity index (χ0n) is 10.0. The van der Waals surface area contributed by atoms with Gasteiger partial charge < -0.3 is 5.11 Å². The summed E-state index contributed by atoms with van der Waals surface area (Å²) in [7, 11) is 0. The van der Waals surface area contributed by atoms with Crippen molar-refractivity contribution in [1.82, 2.24) is 14.8 Å². The van der Waals surface area contributed by atoms with E-state index in [0.717, 1.165) is 16.5 Å². The van der Waals surface area contributed by atoms with E-state index >= 15 is 0 Å². The van der Waals surface area contributed by atoms with E-state index in [-0.39, 0.29) is 5.69 Å². The van der Waals surface area contributed by atoms with Gasteiger partial charge in [0.2, 0.25) is 0 Å². The molecule has 5 nitrogen and oxygen atoms in total. The average Bonchev–Trinajstić information content (AvgIpc) is 2.87. The van der Waals surface area contributed by atoms with Crippen molar-refractivity contribution in [3.05, 3.63) is 60.0 Å². The Bertz CT molecular complexity index is 749. The van der Waals surface area contributed by atoms with Crippen LogP contribution in [0.3, 0.4) is 0 Å². The molecule has 0 radical (unpaired) electrons. The summed E-state index contributed by atoms with van der Waals surface area (Å²) in [5.41, 5.74) is 1.98. The molecule has 0 saturated heterocycles. The maximum absolute atomic E-state index is 10.8. The van der Waals surface area contributed by atoms with Gasteiger partial charge in [-0.2, -0.15) is 5.10 Å². The summed E-state index contributed by atoms with van der Waals surface area (Å²) < 4.78 is 1.59. The van der Waals surface area contributed by atoms with Gasteiger partial charge in [-0.3, -0.25) is 9.67 Å². The van der Waals surface area contributed by atoms with Gasteiger partial charge in [-0.05, 0) is 23.8 Å². The lowest BCUT2D eigenvalue weighted by Gasteiger charge is -2.03. The summed E-state index contributed by atoms with van der Waals surface area (Å²) in [4.78, 5) is 15.1. The quantitative estimate of drug-likeness (QED) is 0.776. The van der Waals surface area contributed by atoms with E-state index in [9.17, 15) is 4.79 Å². The van der Waals surface area contributed by atoms with E-state index in [2.05, 4.69) is 10.1 Å². The first-order valence-corrected chi connectivity index (χ1v) is 5.83. The van der Waals surface area contributed by atoms with Crippen LogP contribution in [0.5, 0.6) is 0 Å². The normalized spacial score (nSPS) is 10.7. The predicted molar refractivity (Wildman–Crippen MR) is 70.0 cm³/mol. The number of rotatable bonds is 3. The Hall–Kier alpha value is -2.69. The van der Waals surface area contributed by atoms with Crippen LogP contribution in [-0.4, -0.2) is 25.8 Å². The zero-order chi connectivity index (χ0) is 13.2. The van der Waals surface area contributed by atoms with Gasteiger partial charge >= 0.3 is 5.97 Å². The van der Waals surface area contributed by atoms with Crippen LogP contribution in [0.2, 0.25) is 0 Å². The van der Waals surface area contributed by atoms with Crippen molar-refractivity contribution in [3.63, 3.8) is 0 Å². The number of benzene rings is 1. The number of hydrogen-bond acceptors (Lipinski definition) is 3. The lowest BCUT2D eigenvalue weighted by atomic mass is 10.1. The Balaban J connectivity index is 1.89. The van der Waals surface area contributed by atoms with Crippen molar-refractivity contribution in [2.75, 3.05) is 0 Å². The van der Waals surface area contributed by atoms with Crippen LogP contribution in [0, 0.1) is 0 Å². The first kappa shape index (κ1) is 11.4. The van der Waals surface area contributed by atoms with E-state index < -0.39 is 5.97 Å². The van der Waals surface area contributed by atoms with Crippen LogP contribution in [0.4, 0.5) is 0 Å². The molecule has 1 N–H and O–H groups in total. The van der Waals surface area contributed by atoms with Gasteiger partial charge in [-0.15, -0.1) is 0 Å². The molecule has 1 aromatic carbocycles. The third-order valence-electron chi connectivity index (χ3n) is 2.85. The molecular formula is C14H11N3O2. The molecule has 0 fully saturated rings. The second-order valence-electron chi connectivity index (χ2n) is 4.24. The highest BCUT2D eigenvalue weighted by Gasteiger charge is 2.07. The van der Waals surface area contributed by atoms with Crippen LogP contribution in [-0.2, 0) is 6.54 Å². The van der Waals surface area contributed by atoms with Crippen molar-refractivity contribution in [3.8, 4) is 0 Å². The number of carboxylic acids is 1. The van der Waals surface area contributed by atoms with E-state index in [0.29, 0.717) is 6.54 Å². The minimum Gasteiger partial charge on any atom is -0.476 e. The number of nitrogens with zero attached hydrogens (tertiary/aromatic N) is 3. The molecular weight excluding hydrogens is 242 g/mol. The first-order chi connectivity index (χ1) is 9.22. The maximum Gasteiger partial charge on any atom is 0.356 e. The number of aromatic nitrogens is 3. The van der Waals surface area contributed by atoms with Crippen molar-refractivity contribution >= 4 is 16.9 Å². The lowest BCUT2D eigenvalue weighted by Crippen LogP contribution is -2.04. The van der Waals surface area contributed by atoms with E-state index in [1.165, 1.54) is 6.07 Å². The lowest BCUT2D eigenvalue weighted by molar-refractivity contribution is 0.0689. The minimum atomic E-state index is -1.02. The summed E-state index contributed by atoms with van der Waals surface area (Å²) in [5.74, 6) is -1.02. The average molecular weight is 253 g/mol. The number of fused-ring (bicyclic) bond motifs is 1. The molecule has 3 rings (SSSR count). The van der Waals surface area contributed by atoms with Gasteiger partial charge in [-0.25, -0.2) is 4.79 Å². The van der Waals surface area contributed by atoms with Crippen molar-refractivity contribution in [2.45, 2.75) is 6.54 Å². The SMILES string of the molecule is O=C(O)c1ccn(Cc2cnc3ccccc3c2)n1. The molecule has 0 spiro atoms. The Morgan fingerprint density at radius 1 is 1.26 bits per heavy atom. The second kappa shape index (κ2) is 4.53. The van der Waals surface area contributed by atoms with Crippen LogP contribution in [0.15, 0.2) is 48.8 Å². The Morgan fingerprint density at radius 3 is 2.89 bits per heavy atom. The second-order valence-corrected chi connectivity index (χ2v) is 4.24. The molecule has 0 aliphatic rings. The van der Waals surface area contributed by atoms with Gasteiger partial charge in [0, 0.05) is 17.8 Å². The number of carbonyl (C=O) groups is 1. The number of aromatic carboxylic acids is 1. The third-order valence-corrected chi connectivity index (χ3v) is 2.85. The van der Waals surface area contributed by atoms with Crippen molar-refractivity contribution < 1.29 is 9.90 Å². The van der Waals surface area contributed by atoms with Crippen LogP contribution < -0.4 is 0 Å². The summed E-state index contributed by atoms with van der Waals surface area (Å²) in [5, 5.41) is 13.9. The van der Waals surface area contributed by atoms with Gasteiger partial charge in [0.15, 0.2) is 5.69 Å². The largest absolute Gasteiger partial charge is 0.476 e. The molecule has 0 aliphatic heterocycles. The van der Waals surface area contributed by atoms with Gasteiger partial charge in [0.05, 0.1) is 12.1 Å². The van der Waals surface area contributed by atoms with E-state index in [1.807, 2.05) is 30.3 Å².